The second-order valence-corrected chi connectivity index (χ2v) is 4.53. The van der Waals surface area contributed by atoms with Crippen molar-refractivity contribution in [3.8, 4) is 0 Å². The van der Waals surface area contributed by atoms with Crippen LogP contribution in [0.3, 0.4) is 0 Å². The normalized spacial score (nSPS) is 13.3. The molecule has 0 aliphatic carbocycles. The first-order chi connectivity index (χ1) is 7.24. The van der Waals surface area contributed by atoms with Crippen LogP contribution in [0.5, 0.6) is 0 Å². The summed E-state index contributed by atoms with van der Waals surface area (Å²) in [6, 6.07) is 8.68. The molecule has 0 saturated heterocycles. The summed E-state index contributed by atoms with van der Waals surface area (Å²) < 4.78 is 1.12. The molecule has 0 bridgehead atoms. The van der Waals surface area contributed by atoms with Crippen LogP contribution in [0.15, 0.2) is 40.9 Å². The smallest absolute Gasteiger partial charge is 0.0404 e. The van der Waals surface area contributed by atoms with Crippen molar-refractivity contribution in [2.45, 2.75) is 13.0 Å². The summed E-state index contributed by atoms with van der Waals surface area (Å²) in [4.78, 5) is 0. The Balaban J connectivity index is 2.46. The number of hydrogen-bond donors (Lipinski definition) is 1. The fourth-order valence-electron chi connectivity index (χ4n) is 1.28. The van der Waals surface area contributed by atoms with Gasteiger partial charge in [0.1, 0.15) is 0 Å². The Kier molecular flexibility index (Phi) is 5.99. The molecule has 0 amide bonds. The van der Waals surface area contributed by atoms with E-state index in [2.05, 4.69) is 40.3 Å². The lowest BCUT2D eigenvalue weighted by Crippen LogP contribution is -2.18. The Morgan fingerprint density at radius 2 is 2.27 bits per heavy atom. The third-order valence-corrected chi connectivity index (χ3v) is 2.82. The van der Waals surface area contributed by atoms with E-state index in [9.17, 15) is 0 Å². The maximum Gasteiger partial charge on any atom is 0.0404 e. The van der Waals surface area contributed by atoms with Crippen molar-refractivity contribution in [3.05, 3.63) is 46.5 Å². The first-order valence-corrected chi connectivity index (χ1v) is 6.26. The summed E-state index contributed by atoms with van der Waals surface area (Å²) in [6.07, 6.45) is 3.99. The number of rotatable bonds is 5. The summed E-state index contributed by atoms with van der Waals surface area (Å²) >= 11 is 9.00. The van der Waals surface area contributed by atoms with E-state index in [1.807, 2.05) is 24.3 Å². The Hall–Kier alpha value is -0.310. The van der Waals surface area contributed by atoms with Crippen molar-refractivity contribution in [1.29, 1.82) is 0 Å². The number of allylic oxidation sites excluding steroid dienone is 1. The molecule has 1 aromatic carbocycles. The van der Waals surface area contributed by atoms with E-state index in [1.54, 1.807) is 0 Å². The van der Waals surface area contributed by atoms with Gasteiger partial charge in [-0.2, -0.15) is 0 Å². The highest BCUT2D eigenvalue weighted by molar-refractivity contribution is 9.10. The summed E-state index contributed by atoms with van der Waals surface area (Å²) in [7, 11) is 0. The average Bonchev–Trinajstić information content (AvgIpc) is 2.24. The topological polar surface area (TPSA) is 12.0 Å². The quantitative estimate of drug-likeness (QED) is 0.640. The van der Waals surface area contributed by atoms with E-state index in [0.717, 1.165) is 11.0 Å². The number of benzene rings is 1. The Morgan fingerprint density at radius 3 is 2.93 bits per heavy atom. The Morgan fingerprint density at radius 1 is 1.47 bits per heavy atom. The van der Waals surface area contributed by atoms with Gasteiger partial charge in [-0.3, -0.25) is 0 Å². The van der Waals surface area contributed by atoms with E-state index >= 15 is 0 Å². The largest absolute Gasteiger partial charge is 0.307 e. The van der Waals surface area contributed by atoms with Crippen molar-refractivity contribution < 1.29 is 0 Å². The molecule has 1 aromatic rings. The minimum atomic E-state index is 0.350. The highest BCUT2D eigenvalue weighted by Crippen LogP contribution is 2.17. The first-order valence-electron chi connectivity index (χ1n) is 4.94. The molecule has 1 nitrogen and oxygen atoms in total. The van der Waals surface area contributed by atoms with E-state index < -0.39 is 0 Å². The van der Waals surface area contributed by atoms with E-state index in [-0.39, 0.29) is 0 Å². The standard InChI is InChI=1S/C12H15BrClN/c1-10(15-8-3-2-7-14)11-5-4-6-12(13)9-11/h2-6,9-10,15H,7-8H2,1H3/b3-2+/t10-/m1/s1. The first kappa shape index (κ1) is 12.8. The van der Waals surface area contributed by atoms with Crippen LogP contribution < -0.4 is 5.32 Å². The maximum absolute atomic E-state index is 5.53. The van der Waals surface area contributed by atoms with Gasteiger partial charge in [0.25, 0.3) is 0 Å². The summed E-state index contributed by atoms with van der Waals surface area (Å²) in [5.41, 5.74) is 1.28. The predicted molar refractivity (Wildman–Crippen MR) is 70.4 cm³/mol. The molecule has 0 spiro atoms. The molecule has 0 heterocycles. The van der Waals surface area contributed by atoms with Crippen LogP contribution in [0.4, 0.5) is 0 Å². The molecule has 0 saturated carbocycles. The highest BCUT2D eigenvalue weighted by Gasteiger charge is 2.02. The van der Waals surface area contributed by atoms with Gasteiger partial charge in [-0.1, -0.05) is 40.2 Å². The van der Waals surface area contributed by atoms with Crippen molar-refractivity contribution >= 4 is 27.5 Å². The van der Waals surface area contributed by atoms with Crippen molar-refractivity contribution in [2.75, 3.05) is 12.4 Å². The molecule has 3 heteroatoms. The lowest BCUT2D eigenvalue weighted by Gasteiger charge is -2.12. The second-order valence-electron chi connectivity index (χ2n) is 3.31. The zero-order chi connectivity index (χ0) is 11.1. The number of alkyl halides is 1. The van der Waals surface area contributed by atoms with Crippen LogP contribution in [-0.2, 0) is 0 Å². The van der Waals surface area contributed by atoms with Crippen molar-refractivity contribution in [1.82, 2.24) is 5.32 Å². The molecule has 0 aromatic heterocycles. The molecule has 0 fully saturated rings. The summed E-state index contributed by atoms with van der Waals surface area (Å²) in [5.74, 6) is 0.576. The van der Waals surface area contributed by atoms with Gasteiger partial charge in [0.05, 0.1) is 0 Å². The molecule has 1 N–H and O–H groups in total. The summed E-state index contributed by atoms with van der Waals surface area (Å²) in [6.45, 7) is 3.00. The van der Waals surface area contributed by atoms with Crippen LogP contribution in [0.2, 0.25) is 0 Å². The zero-order valence-corrected chi connectivity index (χ0v) is 11.1. The lowest BCUT2D eigenvalue weighted by atomic mass is 10.1. The van der Waals surface area contributed by atoms with Gasteiger partial charge < -0.3 is 5.32 Å². The predicted octanol–water partition coefficient (Wildman–Crippen LogP) is 3.89. The third-order valence-electron chi connectivity index (χ3n) is 2.15. The Labute approximate surface area is 105 Å². The van der Waals surface area contributed by atoms with E-state index in [4.69, 9.17) is 11.6 Å². The second kappa shape index (κ2) is 7.04. The average molecular weight is 289 g/mol. The molecule has 0 unspecified atom stereocenters. The van der Waals surface area contributed by atoms with Crippen LogP contribution in [-0.4, -0.2) is 12.4 Å². The molecule has 0 radical (unpaired) electrons. The Bertz CT molecular complexity index is 325. The highest BCUT2D eigenvalue weighted by atomic mass is 79.9. The minimum absolute atomic E-state index is 0.350. The fraction of sp³-hybridized carbons (Fsp3) is 0.333. The molecule has 15 heavy (non-hydrogen) atoms. The van der Waals surface area contributed by atoms with Crippen LogP contribution in [0.25, 0.3) is 0 Å². The fourth-order valence-corrected chi connectivity index (χ4v) is 1.83. The molecule has 1 atom stereocenters. The molecule has 0 aliphatic heterocycles. The van der Waals surface area contributed by atoms with Gasteiger partial charge in [-0.05, 0) is 24.6 Å². The van der Waals surface area contributed by atoms with E-state index in [1.165, 1.54) is 5.56 Å². The molecular weight excluding hydrogens is 273 g/mol. The lowest BCUT2D eigenvalue weighted by molar-refractivity contribution is 0.617. The SMILES string of the molecule is C[C@@H](NC/C=C/CCl)c1cccc(Br)c1. The monoisotopic (exact) mass is 287 g/mol. The van der Waals surface area contributed by atoms with Crippen molar-refractivity contribution in [2.24, 2.45) is 0 Å². The molecule has 1 rings (SSSR count). The molecule has 0 aliphatic rings. The third kappa shape index (κ3) is 4.83. The van der Waals surface area contributed by atoms with Gasteiger partial charge in [-0.15, -0.1) is 11.6 Å². The number of halogens is 2. The maximum atomic E-state index is 5.53. The van der Waals surface area contributed by atoms with Crippen LogP contribution in [0, 0.1) is 0 Å². The van der Waals surface area contributed by atoms with Gasteiger partial charge in [-0.25, -0.2) is 0 Å². The summed E-state index contributed by atoms with van der Waals surface area (Å²) in [5, 5.41) is 3.39. The number of hydrogen-bond acceptors (Lipinski definition) is 1. The number of nitrogens with one attached hydrogen (secondary N) is 1. The zero-order valence-electron chi connectivity index (χ0n) is 8.71. The minimum Gasteiger partial charge on any atom is -0.307 e. The van der Waals surface area contributed by atoms with Crippen LogP contribution >= 0.6 is 27.5 Å². The van der Waals surface area contributed by atoms with Gasteiger partial charge in [0.2, 0.25) is 0 Å². The van der Waals surface area contributed by atoms with Gasteiger partial charge in [0.15, 0.2) is 0 Å². The molecule has 82 valence electrons. The van der Waals surface area contributed by atoms with E-state index in [0.29, 0.717) is 11.9 Å². The molecular formula is C12H15BrClN. The van der Waals surface area contributed by atoms with Crippen molar-refractivity contribution in [3.63, 3.8) is 0 Å². The van der Waals surface area contributed by atoms with Gasteiger partial charge >= 0.3 is 0 Å². The van der Waals surface area contributed by atoms with Crippen LogP contribution in [0.1, 0.15) is 18.5 Å². The van der Waals surface area contributed by atoms with Gasteiger partial charge in [0, 0.05) is 22.9 Å².